The van der Waals surface area contributed by atoms with Gasteiger partial charge in [-0.05, 0) is 43.2 Å². The van der Waals surface area contributed by atoms with Crippen molar-refractivity contribution in [2.75, 3.05) is 23.3 Å². The van der Waals surface area contributed by atoms with E-state index in [9.17, 15) is 9.18 Å². The number of pyridine rings is 1. The molecule has 134 valence electrons. The summed E-state index contributed by atoms with van der Waals surface area (Å²) in [4.78, 5) is 24.6. The number of piperidine rings is 1. The molecule has 1 saturated heterocycles. The topological polar surface area (TPSA) is 58.1 Å². The normalized spacial score (nSPS) is 17.5. The fourth-order valence-corrected chi connectivity index (χ4v) is 4.36. The highest BCUT2D eigenvalue weighted by molar-refractivity contribution is 9.10. The zero-order chi connectivity index (χ0) is 18.1. The van der Waals surface area contributed by atoms with E-state index in [1.165, 1.54) is 17.4 Å². The first-order valence-corrected chi connectivity index (χ1v) is 9.93. The Morgan fingerprint density at radius 2 is 2.27 bits per heavy atom. The Morgan fingerprint density at radius 3 is 3.08 bits per heavy atom. The van der Waals surface area contributed by atoms with Crippen molar-refractivity contribution in [2.45, 2.75) is 12.8 Å². The van der Waals surface area contributed by atoms with Crippen molar-refractivity contribution in [1.82, 2.24) is 9.97 Å². The maximum Gasteiger partial charge on any atom is 0.229 e. The minimum atomic E-state index is -0.447. The number of aromatic nitrogens is 2. The van der Waals surface area contributed by atoms with Crippen molar-refractivity contribution >= 4 is 54.3 Å². The monoisotopic (exact) mass is 434 g/mol. The van der Waals surface area contributed by atoms with Gasteiger partial charge in [-0.3, -0.25) is 4.79 Å². The first-order valence-electron chi connectivity index (χ1n) is 8.32. The molecule has 1 aromatic carbocycles. The number of fused-ring (bicyclic) bond motifs is 1. The molecular formula is C18H16BrFN4OS. The summed E-state index contributed by atoms with van der Waals surface area (Å²) in [6, 6.07) is 8.42. The maximum atomic E-state index is 14.0. The molecule has 0 spiro atoms. The van der Waals surface area contributed by atoms with Crippen molar-refractivity contribution in [3.05, 3.63) is 46.8 Å². The Kier molecular flexibility index (Phi) is 4.86. The number of amides is 1. The molecule has 0 aliphatic carbocycles. The second kappa shape index (κ2) is 7.28. The molecule has 1 amide bonds. The molecule has 1 aliphatic rings. The molecule has 1 atom stereocenters. The Balaban J connectivity index is 1.48. The number of thiazole rings is 1. The van der Waals surface area contributed by atoms with Crippen LogP contribution in [0.3, 0.4) is 0 Å². The van der Waals surface area contributed by atoms with Gasteiger partial charge in [0.2, 0.25) is 5.91 Å². The predicted octanol–water partition coefficient (Wildman–Crippen LogP) is 4.45. The van der Waals surface area contributed by atoms with E-state index in [1.807, 2.05) is 12.1 Å². The summed E-state index contributed by atoms with van der Waals surface area (Å²) in [5, 5.41) is 3.60. The molecule has 0 unspecified atom stereocenters. The maximum absolute atomic E-state index is 14.0. The number of hydrogen-bond donors (Lipinski definition) is 1. The number of benzene rings is 1. The van der Waals surface area contributed by atoms with Crippen LogP contribution < -0.4 is 10.2 Å². The Hall–Kier alpha value is -2.06. The summed E-state index contributed by atoms with van der Waals surface area (Å²) in [5.41, 5.74) is 1.08. The molecule has 1 aliphatic heterocycles. The molecule has 2 aromatic heterocycles. The van der Waals surface area contributed by atoms with E-state index in [4.69, 9.17) is 0 Å². The molecule has 1 fully saturated rings. The predicted molar refractivity (Wildman–Crippen MR) is 105 cm³/mol. The van der Waals surface area contributed by atoms with E-state index in [-0.39, 0.29) is 17.5 Å². The van der Waals surface area contributed by atoms with Crippen LogP contribution in [0.25, 0.3) is 10.3 Å². The molecule has 0 bridgehead atoms. The van der Waals surface area contributed by atoms with Crippen molar-refractivity contribution in [3.8, 4) is 0 Å². The van der Waals surface area contributed by atoms with Gasteiger partial charge in [-0.25, -0.2) is 14.4 Å². The van der Waals surface area contributed by atoms with Gasteiger partial charge in [0.15, 0.2) is 5.13 Å². The van der Waals surface area contributed by atoms with E-state index in [2.05, 4.69) is 36.1 Å². The van der Waals surface area contributed by atoms with Crippen LogP contribution in [0.4, 0.5) is 15.2 Å². The average Bonchev–Trinajstić information content (AvgIpc) is 3.08. The second-order valence-electron chi connectivity index (χ2n) is 6.22. The number of hydrogen-bond acceptors (Lipinski definition) is 5. The zero-order valence-electron chi connectivity index (χ0n) is 13.8. The van der Waals surface area contributed by atoms with Crippen LogP contribution in [0.15, 0.2) is 41.0 Å². The molecule has 5 nitrogen and oxygen atoms in total. The van der Waals surface area contributed by atoms with Gasteiger partial charge >= 0.3 is 0 Å². The van der Waals surface area contributed by atoms with Gasteiger partial charge in [0.05, 0.1) is 11.6 Å². The van der Waals surface area contributed by atoms with E-state index in [0.29, 0.717) is 11.0 Å². The SMILES string of the molecule is O=C(Nc1ccc(Br)cc1F)[C@@H]1CCCN(c2nc3cccnc3s2)C1. The highest BCUT2D eigenvalue weighted by Gasteiger charge is 2.28. The van der Waals surface area contributed by atoms with Crippen molar-refractivity contribution in [2.24, 2.45) is 5.92 Å². The lowest BCUT2D eigenvalue weighted by molar-refractivity contribution is -0.120. The summed E-state index contributed by atoms with van der Waals surface area (Å²) in [7, 11) is 0. The van der Waals surface area contributed by atoms with E-state index in [1.54, 1.807) is 18.3 Å². The minimum Gasteiger partial charge on any atom is -0.347 e. The summed E-state index contributed by atoms with van der Waals surface area (Å²) >= 11 is 4.75. The Bertz CT molecular complexity index is 930. The van der Waals surface area contributed by atoms with Crippen LogP contribution in [0.5, 0.6) is 0 Å². The Labute approximate surface area is 162 Å². The molecule has 3 heterocycles. The lowest BCUT2D eigenvalue weighted by Crippen LogP contribution is -2.40. The number of carbonyl (C=O) groups is 1. The van der Waals surface area contributed by atoms with Crippen LogP contribution in [-0.2, 0) is 4.79 Å². The number of carbonyl (C=O) groups excluding carboxylic acids is 1. The summed E-state index contributed by atoms with van der Waals surface area (Å²) in [5.74, 6) is -0.806. The first kappa shape index (κ1) is 17.4. The van der Waals surface area contributed by atoms with Crippen LogP contribution in [0.1, 0.15) is 12.8 Å². The second-order valence-corrected chi connectivity index (χ2v) is 8.09. The number of anilines is 2. The summed E-state index contributed by atoms with van der Waals surface area (Å²) in [6.07, 6.45) is 3.43. The number of rotatable bonds is 3. The van der Waals surface area contributed by atoms with E-state index >= 15 is 0 Å². The summed E-state index contributed by atoms with van der Waals surface area (Å²) < 4.78 is 14.6. The minimum absolute atomic E-state index is 0.157. The number of halogens is 2. The van der Waals surface area contributed by atoms with Gasteiger partial charge in [-0.2, -0.15) is 0 Å². The number of nitrogens with one attached hydrogen (secondary N) is 1. The highest BCUT2D eigenvalue weighted by atomic mass is 79.9. The molecule has 0 radical (unpaired) electrons. The fraction of sp³-hybridized carbons (Fsp3) is 0.278. The lowest BCUT2D eigenvalue weighted by atomic mass is 9.97. The molecule has 4 rings (SSSR count). The molecule has 8 heteroatoms. The van der Waals surface area contributed by atoms with E-state index < -0.39 is 5.82 Å². The van der Waals surface area contributed by atoms with Crippen molar-refractivity contribution in [1.29, 1.82) is 0 Å². The standard InChI is InChI=1S/C18H16BrFN4OS/c19-12-5-6-14(13(20)9-12)22-16(25)11-3-2-8-24(10-11)18-23-15-4-1-7-21-17(15)26-18/h1,4-7,9,11H,2-3,8,10H2,(H,22,25)/t11-/m1/s1. The molecular weight excluding hydrogens is 419 g/mol. The number of nitrogens with zero attached hydrogens (tertiary/aromatic N) is 3. The third kappa shape index (κ3) is 3.57. The largest absolute Gasteiger partial charge is 0.347 e. The van der Waals surface area contributed by atoms with Crippen LogP contribution in [-0.4, -0.2) is 29.0 Å². The lowest BCUT2D eigenvalue weighted by Gasteiger charge is -2.31. The summed E-state index contributed by atoms with van der Waals surface area (Å²) in [6.45, 7) is 1.43. The van der Waals surface area contributed by atoms with Crippen LogP contribution in [0.2, 0.25) is 0 Å². The van der Waals surface area contributed by atoms with Crippen LogP contribution in [0, 0.1) is 11.7 Å². The zero-order valence-corrected chi connectivity index (χ0v) is 16.2. The molecule has 3 aromatic rings. The smallest absolute Gasteiger partial charge is 0.229 e. The third-order valence-electron chi connectivity index (χ3n) is 4.41. The van der Waals surface area contributed by atoms with Crippen molar-refractivity contribution in [3.63, 3.8) is 0 Å². The first-order chi connectivity index (χ1) is 12.6. The molecule has 0 saturated carbocycles. The van der Waals surface area contributed by atoms with E-state index in [0.717, 1.165) is 34.9 Å². The van der Waals surface area contributed by atoms with Gasteiger partial charge in [-0.1, -0.05) is 27.3 Å². The van der Waals surface area contributed by atoms with Gasteiger partial charge < -0.3 is 10.2 Å². The van der Waals surface area contributed by atoms with Gasteiger partial charge in [-0.15, -0.1) is 0 Å². The Morgan fingerprint density at radius 1 is 1.38 bits per heavy atom. The quantitative estimate of drug-likeness (QED) is 0.661. The van der Waals surface area contributed by atoms with Gasteiger partial charge in [0.25, 0.3) is 0 Å². The van der Waals surface area contributed by atoms with Gasteiger partial charge in [0.1, 0.15) is 16.2 Å². The highest BCUT2D eigenvalue weighted by Crippen LogP contribution is 2.31. The third-order valence-corrected chi connectivity index (χ3v) is 5.94. The van der Waals surface area contributed by atoms with Crippen molar-refractivity contribution < 1.29 is 9.18 Å². The molecule has 1 N–H and O–H groups in total. The van der Waals surface area contributed by atoms with Gasteiger partial charge in [0, 0.05) is 23.8 Å². The fourth-order valence-electron chi connectivity index (χ4n) is 3.08. The van der Waals surface area contributed by atoms with Crippen LogP contribution >= 0.6 is 27.3 Å². The average molecular weight is 435 g/mol. The molecule has 26 heavy (non-hydrogen) atoms.